The van der Waals surface area contributed by atoms with Gasteiger partial charge < -0.3 is 4.74 Å². The number of imidazole rings is 2. The van der Waals surface area contributed by atoms with Gasteiger partial charge >= 0.3 is 11.7 Å². The van der Waals surface area contributed by atoms with Crippen molar-refractivity contribution in [2.24, 2.45) is 7.05 Å². The lowest BCUT2D eigenvalue weighted by molar-refractivity contribution is -0.143. The van der Waals surface area contributed by atoms with Crippen LogP contribution in [-0.2, 0) is 23.1 Å². The number of aromatic nitrogens is 5. The predicted octanol–water partition coefficient (Wildman–Crippen LogP) is 1.63. The smallest absolute Gasteiger partial charge is 0.333 e. The number of carbonyl (C=O) groups excluding carboxylic acids is 1. The summed E-state index contributed by atoms with van der Waals surface area (Å²) in [5.74, 6) is -0.115. The van der Waals surface area contributed by atoms with Gasteiger partial charge in [0, 0.05) is 18.9 Å². The van der Waals surface area contributed by atoms with Crippen LogP contribution in [0, 0.1) is 20.8 Å². The molecule has 30 heavy (non-hydrogen) atoms. The number of hydrogen-bond donors (Lipinski definition) is 0. The van der Waals surface area contributed by atoms with Crippen LogP contribution in [0.1, 0.15) is 23.7 Å². The molecule has 0 aliphatic heterocycles. The van der Waals surface area contributed by atoms with E-state index < -0.39 is 23.8 Å². The highest BCUT2D eigenvalue weighted by atomic mass is 16.5. The Hall–Kier alpha value is -3.62. The first-order valence-electron chi connectivity index (χ1n) is 9.67. The molecule has 0 amide bonds. The van der Waals surface area contributed by atoms with Crippen LogP contribution < -0.4 is 11.2 Å². The molecule has 156 valence electrons. The molecule has 9 nitrogen and oxygen atoms in total. The van der Waals surface area contributed by atoms with E-state index in [1.165, 1.54) is 11.6 Å². The Morgan fingerprint density at radius 2 is 1.90 bits per heavy atom. The highest BCUT2D eigenvalue weighted by Gasteiger charge is 2.22. The SMILES string of the molecule is CCOC(=O)Cn1c(=O)c2c(nc3n(-c4ccc(C)cc4C)c(C)cn23)n(C)c1=O. The molecule has 3 heterocycles. The summed E-state index contributed by atoms with van der Waals surface area (Å²) in [6, 6.07) is 6.11. The van der Waals surface area contributed by atoms with Crippen molar-refractivity contribution in [3.8, 4) is 5.69 Å². The van der Waals surface area contributed by atoms with Gasteiger partial charge in [-0.3, -0.25) is 23.1 Å². The number of carbonyl (C=O) groups is 1. The van der Waals surface area contributed by atoms with Gasteiger partial charge in [0.25, 0.3) is 5.56 Å². The molecule has 0 bridgehead atoms. The number of hydrogen-bond acceptors (Lipinski definition) is 5. The molecule has 0 saturated heterocycles. The van der Waals surface area contributed by atoms with Crippen LogP contribution >= 0.6 is 0 Å². The topological polar surface area (TPSA) is 92.5 Å². The van der Waals surface area contributed by atoms with Gasteiger partial charge in [0.2, 0.25) is 5.78 Å². The molecule has 0 unspecified atom stereocenters. The largest absolute Gasteiger partial charge is 0.465 e. The number of rotatable bonds is 4. The second-order valence-corrected chi connectivity index (χ2v) is 7.39. The number of nitrogens with zero attached hydrogens (tertiary/aromatic N) is 5. The Morgan fingerprint density at radius 3 is 2.57 bits per heavy atom. The van der Waals surface area contributed by atoms with Crippen LogP contribution in [0.25, 0.3) is 22.6 Å². The minimum atomic E-state index is -0.638. The Labute approximate surface area is 171 Å². The van der Waals surface area contributed by atoms with E-state index in [0.717, 1.165) is 27.1 Å². The number of ether oxygens (including phenoxy) is 1. The van der Waals surface area contributed by atoms with E-state index in [9.17, 15) is 14.4 Å². The molecule has 0 atom stereocenters. The Morgan fingerprint density at radius 1 is 1.17 bits per heavy atom. The molecular weight excluding hydrogens is 386 g/mol. The van der Waals surface area contributed by atoms with Gasteiger partial charge in [0.15, 0.2) is 11.2 Å². The zero-order valence-corrected chi connectivity index (χ0v) is 17.6. The summed E-state index contributed by atoms with van der Waals surface area (Å²) in [6.07, 6.45) is 1.81. The molecule has 0 saturated carbocycles. The molecule has 0 aliphatic rings. The zero-order chi connectivity index (χ0) is 21.7. The van der Waals surface area contributed by atoms with Crippen molar-refractivity contribution < 1.29 is 9.53 Å². The maximum Gasteiger partial charge on any atom is 0.333 e. The van der Waals surface area contributed by atoms with E-state index in [0.29, 0.717) is 5.78 Å². The van der Waals surface area contributed by atoms with Crippen molar-refractivity contribution in [3.63, 3.8) is 0 Å². The minimum absolute atomic E-state index is 0.172. The van der Waals surface area contributed by atoms with E-state index in [1.54, 1.807) is 11.3 Å². The predicted molar refractivity (Wildman–Crippen MR) is 112 cm³/mol. The molecule has 4 aromatic rings. The fourth-order valence-electron chi connectivity index (χ4n) is 3.84. The summed E-state index contributed by atoms with van der Waals surface area (Å²) >= 11 is 0. The molecule has 1 aromatic carbocycles. The van der Waals surface area contributed by atoms with Crippen LogP contribution in [0.4, 0.5) is 0 Å². The summed E-state index contributed by atoms with van der Waals surface area (Å²) < 4.78 is 10.7. The number of benzene rings is 1. The third-order valence-electron chi connectivity index (χ3n) is 5.21. The molecule has 3 aromatic heterocycles. The standard InChI is InChI=1S/C21H23N5O4/c1-6-30-16(27)11-25-19(28)17-18(23(5)21(25)29)22-20-24(17)10-14(4)26(20)15-8-7-12(2)9-13(15)3/h7-10H,6,11H2,1-5H3. The van der Waals surface area contributed by atoms with Crippen LogP contribution in [0.5, 0.6) is 0 Å². The van der Waals surface area contributed by atoms with E-state index in [4.69, 9.17) is 4.74 Å². The maximum absolute atomic E-state index is 13.2. The van der Waals surface area contributed by atoms with Crippen molar-refractivity contribution in [2.45, 2.75) is 34.2 Å². The molecule has 0 radical (unpaired) electrons. The normalized spacial score (nSPS) is 11.5. The van der Waals surface area contributed by atoms with Crippen LogP contribution in [-0.4, -0.2) is 35.7 Å². The van der Waals surface area contributed by atoms with E-state index in [-0.39, 0.29) is 17.8 Å². The average molecular weight is 409 g/mol. The molecule has 0 aliphatic carbocycles. The lowest BCUT2D eigenvalue weighted by Crippen LogP contribution is -2.41. The second kappa shape index (κ2) is 7.01. The first kappa shape index (κ1) is 19.7. The van der Waals surface area contributed by atoms with Gasteiger partial charge in [-0.25, -0.2) is 9.36 Å². The van der Waals surface area contributed by atoms with Gasteiger partial charge in [0.1, 0.15) is 6.54 Å². The third-order valence-corrected chi connectivity index (χ3v) is 5.21. The second-order valence-electron chi connectivity index (χ2n) is 7.39. The van der Waals surface area contributed by atoms with Crippen molar-refractivity contribution in [1.29, 1.82) is 0 Å². The van der Waals surface area contributed by atoms with Gasteiger partial charge in [-0.15, -0.1) is 0 Å². The highest BCUT2D eigenvalue weighted by molar-refractivity contribution is 5.77. The van der Waals surface area contributed by atoms with E-state index in [1.807, 2.05) is 43.7 Å². The Balaban J connectivity index is 2.04. The van der Waals surface area contributed by atoms with Crippen molar-refractivity contribution in [3.05, 3.63) is 62.1 Å². The van der Waals surface area contributed by atoms with Crippen LogP contribution in [0.2, 0.25) is 0 Å². The van der Waals surface area contributed by atoms with Gasteiger partial charge in [-0.2, -0.15) is 4.98 Å². The zero-order valence-electron chi connectivity index (χ0n) is 17.6. The van der Waals surface area contributed by atoms with Crippen molar-refractivity contribution in [1.82, 2.24) is 23.1 Å². The van der Waals surface area contributed by atoms with E-state index >= 15 is 0 Å². The summed E-state index contributed by atoms with van der Waals surface area (Å²) in [7, 11) is 1.53. The lowest BCUT2D eigenvalue weighted by atomic mass is 10.1. The number of fused-ring (bicyclic) bond motifs is 3. The molecule has 0 fully saturated rings. The third kappa shape index (κ3) is 2.85. The first-order chi connectivity index (χ1) is 14.2. The Bertz CT molecular complexity index is 1430. The minimum Gasteiger partial charge on any atom is -0.465 e. The Kier molecular flexibility index (Phi) is 4.60. The monoisotopic (exact) mass is 409 g/mol. The molecule has 4 rings (SSSR count). The molecule has 9 heteroatoms. The summed E-state index contributed by atoms with van der Waals surface area (Å²) in [6.45, 7) is 7.37. The number of aryl methyl sites for hydroxylation is 4. The fraction of sp³-hybridized carbons (Fsp3) is 0.333. The van der Waals surface area contributed by atoms with Crippen molar-refractivity contribution >= 4 is 22.9 Å². The molecule has 0 N–H and O–H groups in total. The quantitative estimate of drug-likeness (QED) is 0.478. The average Bonchev–Trinajstić information content (AvgIpc) is 3.19. The summed E-state index contributed by atoms with van der Waals surface area (Å²) in [5, 5.41) is 0. The highest BCUT2D eigenvalue weighted by Crippen LogP contribution is 2.23. The summed E-state index contributed by atoms with van der Waals surface area (Å²) in [5.41, 5.74) is 3.35. The van der Waals surface area contributed by atoms with Gasteiger partial charge in [0.05, 0.1) is 12.3 Å². The van der Waals surface area contributed by atoms with Crippen LogP contribution in [0.3, 0.4) is 0 Å². The van der Waals surface area contributed by atoms with Gasteiger partial charge in [-0.1, -0.05) is 17.7 Å². The van der Waals surface area contributed by atoms with E-state index in [2.05, 4.69) is 11.1 Å². The van der Waals surface area contributed by atoms with Crippen LogP contribution in [0.15, 0.2) is 34.0 Å². The van der Waals surface area contributed by atoms with Gasteiger partial charge in [-0.05, 0) is 39.3 Å². The maximum atomic E-state index is 13.2. The summed E-state index contributed by atoms with van der Waals surface area (Å²) in [4.78, 5) is 42.4. The molecule has 0 spiro atoms. The van der Waals surface area contributed by atoms with Crippen molar-refractivity contribution in [2.75, 3.05) is 6.61 Å². The fourth-order valence-corrected chi connectivity index (χ4v) is 3.84. The molecular formula is C21H23N5O4. The number of esters is 1. The first-order valence-corrected chi connectivity index (χ1v) is 9.67. The lowest BCUT2D eigenvalue weighted by Gasteiger charge is -2.10.